The summed E-state index contributed by atoms with van der Waals surface area (Å²) in [6, 6.07) is 7.15. The van der Waals surface area contributed by atoms with Crippen molar-refractivity contribution >= 4 is 33.1 Å². The van der Waals surface area contributed by atoms with Crippen molar-refractivity contribution in [3.8, 4) is 0 Å². The van der Waals surface area contributed by atoms with Crippen molar-refractivity contribution in [2.45, 2.75) is 29.4 Å². The minimum absolute atomic E-state index is 0.165. The van der Waals surface area contributed by atoms with Crippen LogP contribution in [-0.2, 0) is 21.9 Å². The fourth-order valence-corrected chi connectivity index (χ4v) is 3.97. The fraction of sp³-hybridized carbons (Fsp3) is 0.235. The molecule has 1 saturated heterocycles. The van der Waals surface area contributed by atoms with Gasteiger partial charge in [0.05, 0.1) is 4.90 Å². The van der Waals surface area contributed by atoms with Crippen LogP contribution in [0.5, 0.6) is 0 Å². The number of aromatic nitrogens is 1. The van der Waals surface area contributed by atoms with Gasteiger partial charge >= 0.3 is 11.5 Å². The molecule has 1 aromatic carbocycles. The number of hydrogen-bond donors (Lipinski definition) is 1. The predicted octanol–water partition coefficient (Wildman–Crippen LogP) is 3.14. The monoisotopic (exact) mass is 429 g/mol. The van der Waals surface area contributed by atoms with Crippen LogP contribution in [0.15, 0.2) is 53.7 Å². The van der Waals surface area contributed by atoms with E-state index in [9.17, 15) is 26.4 Å². The lowest BCUT2D eigenvalue weighted by Gasteiger charge is -2.34. The number of alkyl halides is 3. The molecule has 1 aliphatic heterocycles. The maximum absolute atomic E-state index is 12.7. The van der Waals surface area contributed by atoms with E-state index in [-0.39, 0.29) is 11.5 Å². The molecule has 1 aliphatic rings. The minimum atomic E-state index is -5.46. The largest absolute Gasteiger partial charge is 0.501 e. The summed E-state index contributed by atoms with van der Waals surface area (Å²) in [4.78, 5) is 17.0. The topological polar surface area (TPSA) is 79.4 Å². The standard InChI is InChI=1S/C17H14F3N3O3S2/c1-16(12-2-4-13(5-3-12)28(25,26)17(18,19)20)14(27)22-15(24)23(16)10-11-6-8-21-9-7-11/h2-9H,10H2,1H3,(H,22,24,27)/t16-/m0/s1. The summed E-state index contributed by atoms with van der Waals surface area (Å²) in [5, 5.41) is 2.55. The second kappa shape index (κ2) is 6.82. The number of rotatable bonds is 4. The highest BCUT2D eigenvalue weighted by atomic mass is 32.2. The van der Waals surface area contributed by atoms with E-state index in [2.05, 4.69) is 10.3 Å². The molecule has 0 unspecified atom stereocenters. The highest BCUT2D eigenvalue weighted by Gasteiger charge is 2.49. The number of hydrogen-bond acceptors (Lipinski definition) is 5. The number of urea groups is 1. The third-order valence-electron chi connectivity index (χ3n) is 4.57. The third kappa shape index (κ3) is 3.24. The highest BCUT2D eigenvalue weighted by molar-refractivity contribution is 7.92. The van der Waals surface area contributed by atoms with Gasteiger partial charge in [-0.2, -0.15) is 13.2 Å². The number of nitrogens with zero attached hydrogens (tertiary/aromatic N) is 2. The van der Waals surface area contributed by atoms with Gasteiger partial charge in [-0.15, -0.1) is 0 Å². The molecule has 2 amide bonds. The SMILES string of the molecule is C[C@]1(c2ccc(S(=O)(=O)C(F)(F)F)cc2)C(=S)NC(=O)N1Cc1ccncc1. The van der Waals surface area contributed by atoms with Crippen LogP contribution in [0.1, 0.15) is 18.1 Å². The summed E-state index contributed by atoms with van der Waals surface area (Å²) in [5.41, 5.74) is -5.40. The first-order valence-corrected chi connectivity index (χ1v) is 9.81. The Hall–Kier alpha value is -2.53. The molecule has 0 radical (unpaired) electrons. The van der Waals surface area contributed by atoms with Gasteiger partial charge in [0.2, 0.25) is 0 Å². The summed E-state index contributed by atoms with van der Waals surface area (Å²) in [7, 11) is -5.46. The molecule has 0 spiro atoms. The van der Waals surface area contributed by atoms with Gasteiger partial charge in [-0.1, -0.05) is 24.4 Å². The van der Waals surface area contributed by atoms with Crippen molar-refractivity contribution in [3.63, 3.8) is 0 Å². The lowest BCUT2D eigenvalue weighted by Crippen LogP contribution is -2.43. The molecular weight excluding hydrogens is 415 g/mol. The van der Waals surface area contributed by atoms with Gasteiger partial charge < -0.3 is 4.90 Å². The fourth-order valence-electron chi connectivity index (χ4n) is 2.89. The van der Waals surface area contributed by atoms with Crippen LogP contribution in [0.3, 0.4) is 0 Å². The van der Waals surface area contributed by atoms with E-state index in [1.807, 2.05) is 0 Å². The zero-order valence-corrected chi connectivity index (χ0v) is 16.0. The summed E-state index contributed by atoms with van der Waals surface area (Å²) in [6.45, 7) is 1.81. The molecule has 1 aromatic heterocycles. The van der Waals surface area contributed by atoms with E-state index in [1.54, 1.807) is 31.5 Å². The van der Waals surface area contributed by atoms with E-state index in [4.69, 9.17) is 12.2 Å². The molecule has 0 aliphatic carbocycles. The molecule has 1 fully saturated rings. The molecule has 0 bridgehead atoms. The second-order valence-corrected chi connectivity index (χ2v) is 8.60. The lowest BCUT2D eigenvalue weighted by atomic mass is 9.91. The van der Waals surface area contributed by atoms with E-state index in [0.29, 0.717) is 5.56 Å². The average Bonchev–Trinajstić information content (AvgIpc) is 2.86. The van der Waals surface area contributed by atoms with Gasteiger partial charge in [-0.05, 0) is 42.3 Å². The number of pyridine rings is 1. The quantitative estimate of drug-likeness (QED) is 0.756. The van der Waals surface area contributed by atoms with Crippen molar-refractivity contribution in [2.75, 3.05) is 0 Å². The number of amides is 2. The third-order valence-corrected chi connectivity index (χ3v) is 6.57. The molecule has 11 heteroatoms. The Bertz CT molecular complexity index is 1030. The van der Waals surface area contributed by atoms with Gasteiger partial charge in [-0.3, -0.25) is 10.3 Å². The maximum atomic E-state index is 12.7. The number of nitrogens with one attached hydrogen (secondary N) is 1. The van der Waals surface area contributed by atoms with E-state index >= 15 is 0 Å². The number of thiocarbonyl (C=S) groups is 1. The summed E-state index contributed by atoms with van der Waals surface area (Å²) in [5.74, 6) is 0. The molecule has 2 aromatic rings. The number of carbonyl (C=O) groups excluding carboxylic acids is 1. The van der Waals surface area contributed by atoms with Crippen LogP contribution >= 0.6 is 12.2 Å². The molecule has 3 rings (SSSR count). The Labute approximate surface area is 164 Å². The summed E-state index contributed by atoms with van der Waals surface area (Å²) >= 11 is 5.29. The number of halogens is 3. The first-order chi connectivity index (χ1) is 13.0. The first-order valence-electron chi connectivity index (χ1n) is 7.92. The molecule has 2 heterocycles. The number of sulfone groups is 1. The van der Waals surface area contributed by atoms with Crippen LogP contribution in [0.25, 0.3) is 0 Å². The van der Waals surface area contributed by atoms with Crippen molar-refractivity contribution in [2.24, 2.45) is 0 Å². The normalized spacial score (nSPS) is 20.4. The van der Waals surface area contributed by atoms with Crippen LogP contribution in [0.2, 0.25) is 0 Å². The maximum Gasteiger partial charge on any atom is 0.501 e. The zero-order valence-electron chi connectivity index (χ0n) is 14.4. The lowest BCUT2D eigenvalue weighted by molar-refractivity contribution is -0.0436. The Balaban J connectivity index is 2.00. The van der Waals surface area contributed by atoms with E-state index in [0.717, 1.165) is 17.7 Å². The minimum Gasteiger partial charge on any atom is -0.304 e. The van der Waals surface area contributed by atoms with Gasteiger partial charge in [-0.25, -0.2) is 13.2 Å². The van der Waals surface area contributed by atoms with E-state index < -0.39 is 31.8 Å². The Kier molecular flexibility index (Phi) is 4.92. The van der Waals surface area contributed by atoms with Gasteiger partial charge in [0, 0.05) is 18.9 Å². The van der Waals surface area contributed by atoms with Crippen LogP contribution in [0.4, 0.5) is 18.0 Å². The molecule has 1 atom stereocenters. The molecular formula is C17H14F3N3O3S2. The number of carbonyl (C=O) groups is 1. The van der Waals surface area contributed by atoms with E-state index in [1.165, 1.54) is 17.0 Å². The molecule has 0 saturated carbocycles. The van der Waals surface area contributed by atoms with Gasteiger partial charge in [0.25, 0.3) is 9.84 Å². The van der Waals surface area contributed by atoms with Crippen LogP contribution < -0.4 is 5.32 Å². The Morgan fingerprint density at radius 1 is 1.14 bits per heavy atom. The van der Waals surface area contributed by atoms with Crippen molar-refractivity contribution in [1.29, 1.82) is 0 Å². The Morgan fingerprint density at radius 3 is 2.25 bits per heavy atom. The van der Waals surface area contributed by atoms with Crippen molar-refractivity contribution in [3.05, 3.63) is 59.9 Å². The second-order valence-electron chi connectivity index (χ2n) is 6.25. The molecule has 148 valence electrons. The van der Waals surface area contributed by atoms with Gasteiger partial charge in [0.1, 0.15) is 10.5 Å². The highest BCUT2D eigenvalue weighted by Crippen LogP contribution is 2.37. The van der Waals surface area contributed by atoms with Crippen LogP contribution in [0, 0.1) is 0 Å². The van der Waals surface area contributed by atoms with Crippen LogP contribution in [-0.4, -0.2) is 34.8 Å². The van der Waals surface area contributed by atoms with Gasteiger partial charge in [0.15, 0.2) is 0 Å². The summed E-state index contributed by atoms with van der Waals surface area (Å²) in [6.07, 6.45) is 3.13. The Morgan fingerprint density at radius 2 is 1.71 bits per heavy atom. The smallest absolute Gasteiger partial charge is 0.304 e. The first kappa shape index (κ1) is 20.2. The molecule has 28 heavy (non-hydrogen) atoms. The average molecular weight is 429 g/mol. The van der Waals surface area contributed by atoms with Crippen molar-refractivity contribution < 1.29 is 26.4 Å². The van der Waals surface area contributed by atoms with Crippen molar-refractivity contribution in [1.82, 2.24) is 15.2 Å². The molecule has 6 nitrogen and oxygen atoms in total. The summed E-state index contributed by atoms with van der Waals surface area (Å²) < 4.78 is 61.3. The molecule has 1 N–H and O–H groups in total. The zero-order chi connectivity index (χ0) is 20.7. The predicted molar refractivity (Wildman–Crippen MR) is 97.9 cm³/mol. The number of benzene rings is 1.